The Labute approximate surface area is 201 Å². The highest BCUT2D eigenvalue weighted by Gasteiger charge is 2.33. The minimum atomic E-state index is -4.82. The molecule has 0 fully saturated rings. The van der Waals surface area contributed by atoms with Crippen molar-refractivity contribution in [3.8, 4) is 16.9 Å². The molecular weight excluding hydrogens is 467 g/mol. The highest BCUT2D eigenvalue weighted by Crippen LogP contribution is 2.44. The maximum atomic E-state index is 13.2. The van der Waals surface area contributed by atoms with Crippen molar-refractivity contribution in [2.45, 2.75) is 51.8 Å². The van der Waals surface area contributed by atoms with Gasteiger partial charge < -0.3 is 10.1 Å². The van der Waals surface area contributed by atoms with E-state index in [1.54, 1.807) is 19.2 Å². The third-order valence-corrected chi connectivity index (χ3v) is 7.18. The molecule has 1 aliphatic carbocycles. The van der Waals surface area contributed by atoms with Crippen molar-refractivity contribution < 1.29 is 22.7 Å². The molecule has 8 heteroatoms. The molecule has 0 aliphatic heterocycles. The Morgan fingerprint density at radius 3 is 2.33 bits per heavy atom. The summed E-state index contributed by atoms with van der Waals surface area (Å²) in [6.45, 7) is 6.23. The first-order chi connectivity index (χ1) is 15.5. The monoisotopic (exact) mass is 493 g/mol. The van der Waals surface area contributed by atoms with Crippen LogP contribution >= 0.6 is 24.0 Å². The van der Waals surface area contributed by atoms with E-state index in [-0.39, 0.29) is 5.75 Å². The van der Waals surface area contributed by atoms with E-state index in [0.717, 1.165) is 35.7 Å². The minimum Gasteiger partial charge on any atom is -0.405 e. The fourth-order valence-electron chi connectivity index (χ4n) is 4.17. The van der Waals surface area contributed by atoms with Gasteiger partial charge in [0.25, 0.3) is 0 Å². The molecule has 0 amide bonds. The summed E-state index contributed by atoms with van der Waals surface area (Å²) < 4.78 is 44.3. The van der Waals surface area contributed by atoms with Crippen LogP contribution in [0.25, 0.3) is 17.2 Å². The average molecular weight is 494 g/mol. The number of thiocarbonyl (C=S) groups is 1. The van der Waals surface area contributed by atoms with Gasteiger partial charge in [0, 0.05) is 12.6 Å². The summed E-state index contributed by atoms with van der Waals surface area (Å²) in [7, 11) is 1.65. The molecule has 0 heterocycles. The number of rotatable bonds is 5. The zero-order chi connectivity index (χ0) is 24.3. The number of allylic oxidation sites excluding steroid dienone is 1. The van der Waals surface area contributed by atoms with Crippen LogP contribution in [0, 0.1) is 6.92 Å². The molecule has 3 nitrogen and oxygen atoms in total. The van der Waals surface area contributed by atoms with Crippen LogP contribution in [0.4, 0.5) is 13.2 Å². The second-order valence-electron chi connectivity index (χ2n) is 8.28. The van der Waals surface area contributed by atoms with Crippen LogP contribution in [-0.4, -0.2) is 24.0 Å². The van der Waals surface area contributed by atoms with E-state index in [2.05, 4.69) is 30.0 Å². The highest BCUT2D eigenvalue weighted by atomic mass is 32.2. The van der Waals surface area contributed by atoms with Crippen molar-refractivity contribution >= 4 is 40.7 Å². The first kappa shape index (κ1) is 25.3. The molecule has 1 N–H and O–H groups in total. The van der Waals surface area contributed by atoms with Crippen LogP contribution in [0.2, 0.25) is 0 Å². The van der Waals surface area contributed by atoms with Crippen molar-refractivity contribution in [3.63, 3.8) is 0 Å². The van der Waals surface area contributed by atoms with Crippen LogP contribution in [0.1, 0.15) is 60.8 Å². The third kappa shape index (κ3) is 6.18. The number of benzene rings is 2. The van der Waals surface area contributed by atoms with E-state index in [9.17, 15) is 18.0 Å². The van der Waals surface area contributed by atoms with Crippen LogP contribution in [0.3, 0.4) is 0 Å². The van der Waals surface area contributed by atoms with Gasteiger partial charge in [-0.1, -0.05) is 56.0 Å². The van der Waals surface area contributed by atoms with Crippen molar-refractivity contribution in [2.24, 2.45) is 0 Å². The van der Waals surface area contributed by atoms with Gasteiger partial charge in [0.05, 0.1) is 4.91 Å². The first-order valence-electron chi connectivity index (χ1n) is 10.6. The molecule has 1 aliphatic rings. The quantitative estimate of drug-likeness (QED) is 0.268. The van der Waals surface area contributed by atoms with Crippen LogP contribution in [0.5, 0.6) is 5.75 Å². The second-order valence-corrected chi connectivity index (χ2v) is 10.0. The van der Waals surface area contributed by atoms with E-state index in [1.165, 1.54) is 17.7 Å². The Hall–Kier alpha value is -2.32. The van der Waals surface area contributed by atoms with E-state index < -0.39 is 6.36 Å². The van der Waals surface area contributed by atoms with Crippen LogP contribution < -0.4 is 10.1 Å². The Bertz CT molecular complexity index is 1100. The zero-order valence-corrected chi connectivity index (χ0v) is 20.5. The number of nitrogens with one attached hydrogen (secondary N) is 1. The number of thioether (sulfide) groups is 1. The third-order valence-electron chi connectivity index (χ3n) is 5.88. The zero-order valence-electron chi connectivity index (χ0n) is 18.9. The second kappa shape index (κ2) is 10.3. The number of aldehydes is 1. The van der Waals surface area contributed by atoms with Gasteiger partial charge >= 0.3 is 6.36 Å². The smallest absolute Gasteiger partial charge is 0.405 e. The highest BCUT2D eigenvalue weighted by molar-refractivity contribution is 8.26. The molecule has 2 atom stereocenters. The van der Waals surface area contributed by atoms with Gasteiger partial charge in [0.15, 0.2) is 6.29 Å². The van der Waals surface area contributed by atoms with Crippen LogP contribution in [0.15, 0.2) is 35.2 Å². The molecule has 2 aromatic rings. The maximum absolute atomic E-state index is 13.2. The Morgan fingerprint density at radius 1 is 1.12 bits per heavy atom. The molecule has 0 saturated heterocycles. The van der Waals surface area contributed by atoms with E-state index >= 15 is 0 Å². The molecular formula is C25H26F3NO2S2. The Kier molecular flexibility index (Phi) is 7.90. The predicted molar refractivity (Wildman–Crippen MR) is 133 cm³/mol. The Balaban J connectivity index is 2.16. The lowest BCUT2D eigenvalue weighted by atomic mass is 9.76. The van der Waals surface area contributed by atoms with Crippen molar-refractivity contribution in [1.29, 1.82) is 0 Å². The van der Waals surface area contributed by atoms with E-state index in [1.807, 2.05) is 13.0 Å². The summed E-state index contributed by atoms with van der Waals surface area (Å²) in [6, 6.07) is 8.50. The predicted octanol–water partition coefficient (Wildman–Crippen LogP) is 7.34. The normalized spacial score (nSPS) is 18.5. The van der Waals surface area contributed by atoms with E-state index in [0.29, 0.717) is 44.0 Å². The van der Waals surface area contributed by atoms with E-state index in [4.69, 9.17) is 12.2 Å². The van der Waals surface area contributed by atoms with Crippen LogP contribution in [-0.2, 0) is 4.79 Å². The topological polar surface area (TPSA) is 38.3 Å². The van der Waals surface area contributed by atoms with Crippen molar-refractivity contribution in [1.82, 2.24) is 5.32 Å². The molecule has 0 spiro atoms. The fourth-order valence-corrected chi connectivity index (χ4v) is 5.02. The largest absolute Gasteiger partial charge is 0.573 e. The number of aryl methyl sites for hydroxylation is 1. The number of carbonyl (C=O) groups is 1. The summed E-state index contributed by atoms with van der Waals surface area (Å²) in [5.74, 6) is 0.462. The maximum Gasteiger partial charge on any atom is 0.573 e. The summed E-state index contributed by atoms with van der Waals surface area (Å²) >= 11 is 6.18. The van der Waals surface area contributed by atoms with Gasteiger partial charge in [0.1, 0.15) is 10.1 Å². The van der Waals surface area contributed by atoms with Gasteiger partial charge in [-0.3, -0.25) is 4.79 Å². The molecule has 176 valence electrons. The lowest BCUT2D eigenvalue weighted by Gasteiger charge is -2.29. The average Bonchev–Trinajstić information content (AvgIpc) is 2.75. The van der Waals surface area contributed by atoms with Gasteiger partial charge in [-0.25, -0.2) is 0 Å². The molecule has 2 aromatic carbocycles. The number of alkyl halides is 3. The number of hydrogen-bond donors (Lipinski definition) is 1. The molecule has 3 rings (SSSR count). The van der Waals surface area contributed by atoms with Gasteiger partial charge in [-0.05, 0) is 77.6 Å². The number of ether oxygens (including phenoxy) is 1. The molecule has 2 unspecified atom stereocenters. The summed E-state index contributed by atoms with van der Waals surface area (Å²) in [5, 5.41) is 2.78. The minimum absolute atomic E-state index is 0.273. The van der Waals surface area contributed by atoms with Gasteiger partial charge in [-0.15, -0.1) is 13.2 Å². The molecule has 0 radical (unpaired) electrons. The standard InChI is InChI=1S/C25H26F3NO2S2/c1-14-5-6-15(2)20-12-21(16(3)9-19(14)20)22-11-17(7-8-23(22)31-25(26,27)28)10-18(13-30)33-24(32)29-4/h7-15H,5-6H2,1-4H3,(H,29,32)/b18-10-. The molecule has 33 heavy (non-hydrogen) atoms. The van der Waals surface area contributed by atoms with Gasteiger partial charge in [-0.2, -0.15) is 0 Å². The lowest BCUT2D eigenvalue weighted by Crippen LogP contribution is -2.18. The van der Waals surface area contributed by atoms with Gasteiger partial charge in [0.2, 0.25) is 0 Å². The number of hydrogen-bond acceptors (Lipinski definition) is 4. The SMILES string of the molecule is CNC(=S)S/C(C=O)=C\c1ccc(OC(F)(F)F)c(-c2cc3c(cc2C)C(C)CCC3C)c1. The first-order valence-corrected chi connectivity index (χ1v) is 11.9. The number of halogens is 3. The lowest BCUT2D eigenvalue weighted by molar-refractivity contribution is -0.274. The number of carbonyl (C=O) groups excluding carboxylic acids is 1. The summed E-state index contributed by atoms with van der Waals surface area (Å²) in [4.78, 5) is 11.8. The fraction of sp³-hybridized carbons (Fsp3) is 0.360. The van der Waals surface area contributed by atoms with Crippen molar-refractivity contribution in [3.05, 3.63) is 57.5 Å². The number of fused-ring (bicyclic) bond motifs is 1. The van der Waals surface area contributed by atoms with Crippen molar-refractivity contribution in [2.75, 3.05) is 7.05 Å². The molecule has 0 bridgehead atoms. The summed E-state index contributed by atoms with van der Waals surface area (Å²) in [5.41, 5.74) is 4.89. The molecule has 0 aromatic heterocycles. The summed E-state index contributed by atoms with van der Waals surface area (Å²) in [6.07, 6.45) is -0.423. The molecule has 0 saturated carbocycles. The Morgan fingerprint density at radius 2 is 1.76 bits per heavy atom.